The Labute approximate surface area is 106 Å². The van der Waals surface area contributed by atoms with Crippen molar-refractivity contribution in [1.82, 2.24) is 4.37 Å². The number of nitrogens with two attached hydrogens (primary N) is 1. The van der Waals surface area contributed by atoms with Gasteiger partial charge in [-0.05, 0) is 23.5 Å². The molecule has 0 atom stereocenters. The Balaban J connectivity index is 2.43. The van der Waals surface area contributed by atoms with Crippen molar-refractivity contribution in [3.8, 4) is 11.1 Å². The number of nitrogen functional groups attached to an aromatic ring is 1. The number of anilines is 2. The second-order valence-corrected chi connectivity index (χ2v) is 4.79. The largest absolute Gasteiger partial charge is 0.382 e. The molecule has 0 spiro atoms. The molecule has 0 bridgehead atoms. The lowest BCUT2D eigenvalue weighted by Crippen LogP contribution is -2.17. The molecule has 2 aromatic rings. The molecule has 90 valence electrons. The van der Waals surface area contributed by atoms with Crippen molar-refractivity contribution in [2.45, 2.75) is 13.3 Å². The van der Waals surface area contributed by atoms with Crippen molar-refractivity contribution in [3.05, 3.63) is 30.3 Å². The van der Waals surface area contributed by atoms with Crippen LogP contribution in [0.2, 0.25) is 0 Å². The summed E-state index contributed by atoms with van der Waals surface area (Å²) in [4.78, 5) is 2.22. The summed E-state index contributed by atoms with van der Waals surface area (Å²) in [6.45, 7) is 3.19. The highest BCUT2D eigenvalue weighted by atomic mass is 32.1. The number of benzene rings is 1. The van der Waals surface area contributed by atoms with Crippen molar-refractivity contribution >= 4 is 22.4 Å². The third-order valence-electron chi connectivity index (χ3n) is 2.67. The summed E-state index contributed by atoms with van der Waals surface area (Å²) < 4.78 is 4.27. The van der Waals surface area contributed by atoms with E-state index in [0.717, 1.165) is 29.1 Å². The third kappa shape index (κ3) is 2.42. The topological polar surface area (TPSA) is 42.2 Å². The predicted molar refractivity (Wildman–Crippen MR) is 75.5 cm³/mol. The minimum absolute atomic E-state index is 0.624. The number of rotatable bonds is 4. The van der Waals surface area contributed by atoms with Crippen LogP contribution in [0.5, 0.6) is 0 Å². The summed E-state index contributed by atoms with van der Waals surface area (Å²) in [6.07, 6.45) is 1.11. The van der Waals surface area contributed by atoms with Gasteiger partial charge in [0.05, 0.1) is 5.56 Å². The van der Waals surface area contributed by atoms with E-state index < -0.39 is 0 Å². The second kappa shape index (κ2) is 5.19. The summed E-state index contributed by atoms with van der Waals surface area (Å²) in [5, 5.41) is 1.15. The minimum atomic E-state index is 0.624. The Morgan fingerprint density at radius 2 is 2.00 bits per heavy atom. The monoisotopic (exact) mass is 247 g/mol. The smallest absolute Gasteiger partial charge is 0.147 e. The molecule has 0 saturated heterocycles. The number of nitrogens with zero attached hydrogens (tertiary/aromatic N) is 2. The highest BCUT2D eigenvalue weighted by Gasteiger charge is 2.16. The Kier molecular flexibility index (Phi) is 3.64. The second-order valence-electron chi connectivity index (χ2n) is 4.04. The van der Waals surface area contributed by atoms with Crippen molar-refractivity contribution in [1.29, 1.82) is 0 Å². The van der Waals surface area contributed by atoms with E-state index in [-0.39, 0.29) is 0 Å². The predicted octanol–water partition coefficient (Wildman–Crippen LogP) is 3.24. The summed E-state index contributed by atoms with van der Waals surface area (Å²) in [7, 11) is 2.09. The molecule has 0 aliphatic rings. The molecule has 3 nitrogen and oxygen atoms in total. The van der Waals surface area contributed by atoms with Crippen LogP contribution in [-0.4, -0.2) is 18.0 Å². The maximum absolute atomic E-state index is 5.98. The molecule has 0 aliphatic carbocycles. The summed E-state index contributed by atoms with van der Waals surface area (Å²) in [6, 6.07) is 10.2. The zero-order valence-electron chi connectivity index (χ0n) is 10.2. The highest BCUT2D eigenvalue weighted by molar-refractivity contribution is 7.11. The van der Waals surface area contributed by atoms with Gasteiger partial charge in [0.1, 0.15) is 10.8 Å². The van der Waals surface area contributed by atoms with Gasteiger partial charge in [-0.2, -0.15) is 4.37 Å². The van der Waals surface area contributed by atoms with Gasteiger partial charge in [0, 0.05) is 13.6 Å². The average molecular weight is 247 g/mol. The molecule has 17 heavy (non-hydrogen) atoms. The molecule has 0 fully saturated rings. The van der Waals surface area contributed by atoms with Gasteiger partial charge in [-0.25, -0.2) is 0 Å². The normalized spacial score (nSPS) is 10.5. The number of aromatic nitrogens is 1. The Hall–Kier alpha value is -1.55. The third-order valence-corrected chi connectivity index (χ3v) is 3.65. The number of hydrogen-bond acceptors (Lipinski definition) is 4. The average Bonchev–Trinajstić information content (AvgIpc) is 2.73. The summed E-state index contributed by atoms with van der Waals surface area (Å²) in [5.74, 6) is 0.624. The molecular formula is C13H17N3S. The van der Waals surface area contributed by atoms with Crippen LogP contribution in [0.4, 0.5) is 10.8 Å². The van der Waals surface area contributed by atoms with Crippen molar-refractivity contribution in [2.24, 2.45) is 0 Å². The Bertz CT molecular complexity index is 479. The van der Waals surface area contributed by atoms with Crippen LogP contribution in [0.3, 0.4) is 0 Å². The molecule has 2 rings (SSSR count). The van der Waals surface area contributed by atoms with E-state index in [0.29, 0.717) is 5.82 Å². The zero-order valence-corrected chi connectivity index (χ0v) is 11.0. The maximum Gasteiger partial charge on any atom is 0.147 e. The molecule has 0 unspecified atom stereocenters. The van der Waals surface area contributed by atoms with Gasteiger partial charge >= 0.3 is 0 Å². The Morgan fingerprint density at radius 1 is 1.29 bits per heavy atom. The van der Waals surface area contributed by atoms with Gasteiger partial charge in [-0.15, -0.1) is 0 Å². The van der Waals surface area contributed by atoms with Crippen LogP contribution in [0, 0.1) is 0 Å². The van der Waals surface area contributed by atoms with Gasteiger partial charge in [0.15, 0.2) is 0 Å². The standard InChI is InChI=1S/C13H17N3S/c1-3-9-16(2)13-11(12(14)15-17-13)10-7-5-4-6-8-10/h4-8H,3,9H2,1-2H3,(H2,14,15). The lowest BCUT2D eigenvalue weighted by atomic mass is 10.1. The molecule has 2 N–H and O–H groups in total. The van der Waals surface area contributed by atoms with Crippen LogP contribution in [0.15, 0.2) is 30.3 Å². The first kappa shape index (κ1) is 11.9. The molecular weight excluding hydrogens is 230 g/mol. The van der Waals surface area contributed by atoms with Gasteiger partial charge in [-0.1, -0.05) is 37.3 Å². The SMILES string of the molecule is CCCN(C)c1snc(N)c1-c1ccccc1. The first-order valence-electron chi connectivity index (χ1n) is 5.75. The Morgan fingerprint density at radius 3 is 2.65 bits per heavy atom. The summed E-state index contributed by atoms with van der Waals surface area (Å²) in [5.41, 5.74) is 8.18. The van der Waals surface area contributed by atoms with Crippen LogP contribution < -0.4 is 10.6 Å². The van der Waals surface area contributed by atoms with Crippen molar-refractivity contribution < 1.29 is 0 Å². The first-order valence-corrected chi connectivity index (χ1v) is 6.53. The summed E-state index contributed by atoms with van der Waals surface area (Å²) >= 11 is 1.47. The quantitative estimate of drug-likeness (QED) is 0.902. The highest BCUT2D eigenvalue weighted by Crippen LogP contribution is 2.38. The molecule has 1 aromatic heterocycles. The molecule has 4 heteroatoms. The van der Waals surface area contributed by atoms with Crippen molar-refractivity contribution in [3.63, 3.8) is 0 Å². The van der Waals surface area contributed by atoms with E-state index in [1.54, 1.807) is 0 Å². The van der Waals surface area contributed by atoms with Crippen LogP contribution >= 0.6 is 11.5 Å². The van der Waals surface area contributed by atoms with E-state index in [1.807, 2.05) is 18.2 Å². The van der Waals surface area contributed by atoms with Crippen LogP contribution in [0.1, 0.15) is 13.3 Å². The fourth-order valence-electron chi connectivity index (χ4n) is 1.87. The van der Waals surface area contributed by atoms with Gasteiger partial charge in [0.2, 0.25) is 0 Å². The molecule has 1 aromatic carbocycles. The minimum Gasteiger partial charge on any atom is -0.382 e. The lowest BCUT2D eigenvalue weighted by molar-refractivity contribution is 0.860. The fourth-order valence-corrected chi connectivity index (χ4v) is 2.69. The van der Waals surface area contributed by atoms with E-state index in [9.17, 15) is 0 Å². The number of hydrogen-bond donors (Lipinski definition) is 1. The maximum atomic E-state index is 5.98. The first-order chi connectivity index (χ1) is 8.24. The van der Waals surface area contributed by atoms with E-state index in [4.69, 9.17) is 5.73 Å². The molecule has 0 saturated carbocycles. The van der Waals surface area contributed by atoms with E-state index in [1.165, 1.54) is 11.5 Å². The van der Waals surface area contributed by atoms with Crippen LogP contribution in [0.25, 0.3) is 11.1 Å². The molecule has 0 aliphatic heterocycles. The zero-order chi connectivity index (χ0) is 12.3. The van der Waals surface area contributed by atoms with Gasteiger partial charge in [-0.3, -0.25) is 0 Å². The van der Waals surface area contributed by atoms with Gasteiger partial charge in [0.25, 0.3) is 0 Å². The lowest BCUT2D eigenvalue weighted by Gasteiger charge is -2.17. The van der Waals surface area contributed by atoms with E-state index >= 15 is 0 Å². The molecule has 0 radical (unpaired) electrons. The van der Waals surface area contributed by atoms with Gasteiger partial charge < -0.3 is 10.6 Å². The molecule has 0 amide bonds. The fraction of sp³-hybridized carbons (Fsp3) is 0.308. The van der Waals surface area contributed by atoms with Crippen LogP contribution in [-0.2, 0) is 0 Å². The van der Waals surface area contributed by atoms with Crippen molar-refractivity contribution in [2.75, 3.05) is 24.2 Å². The molecule has 1 heterocycles. The van der Waals surface area contributed by atoms with E-state index in [2.05, 4.69) is 35.4 Å².